The van der Waals surface area contributed by atoms with Crippen LogP contribution < -0.4 is 0 Å². The van der Waals surface area contributed by atoms with Gasteiger partial charge in [0.15, 0.2) is 5.79 Å². The molecule has 2 heterocycles. The van der Waals surface area contributed by atoms with E-state index in [-0.39, 0.29) is 22.6 Å². The standard InChI is InChI=1S/C25H41NO3/c1-8-23(7)18-27-25(28-19-23)16-22(5,6)26(24(9-2,10-3)17-25)29-20(4)21-14-12-11-13-15-21/h11-15,20H,8-10,16-19H2,1-7H3. The van der Waals surface area contributed by atoms with Gasteiger partial charge in [0, 0.05) is 23.8 Å². The lowest BCUT2D eigenvalue weighted by atomic mass is 9.72. The summed E-state index contributed by atoms with van der Waals surface area (Å²) in [6.07, 6.45) is 4.71. The first-order chi connectivity index (χ1) is 13.6. The largest absolute Gasteiger partial charge is 0.349 e. The van der Waals surface area contributed by atoms with E-state index in [9.17, 15) is 0 Å². The van der Waals surface area contributed by atoms with E-state index in [4.69, 9.17) is 14.3 Å². The molecule has 2 fully saturated rings. The van der Waals surface area contributed by atoms with Gasteiger partial charge in [0.25, 0.3) is 0 Å². The SMILES string of the molecule is CCC1(C)COC2(CC(C)(C)N(OC(C)c3ccccc3)C(CC)(CC)C2)OC1. The minimum absolute atomic E-state index is 0.00132. The molecule has 1 spiro atoms. The van der Waals surface area contributed by atoms with Crippen molar-refractivity contribution in [3.05, 3.63) is 35.9 Å². The molecule has 4 heteroatoms. The summed E-state index contributed by atoms with van der Waals surface area (Å²) in [5, 5.41) is 2.29. The van der Waals surface area contributed by atoms with E-state index in [2.05, 4.69) is 83.9 Å². The smallest absolute Gasteiger partial charge is 0.172 e. The first kappa shape index (κ1) is 22.7. The van der Waals surface area contributed by atoms with Gasteiger partial charge in [-0.3, -0.25) is 4.84 Å². The third-order valence-corrected chi connectivity index (χ3v) is 7.35. The summed E-state index contributed by atoms with van der Waals surface area (Å²) in [5.74, 6) is -0.514. The molecule has 164 valence electrons. The van der Waals surface area contributed by atoms with E-state index in [0.29, 0.717) is 0 Å². The molecule has 0 amide bonds. The van der Waals surface area contributed by atoms with Crippen molar-refractivity contribution in [2.45, 2.75) is 104 Å². The van der Waals surface area contributed by atoms with Gasteiger partial charge in [-0.25, -0.2) is 0 Å². The molecule has 0 saturated carbocycles. The highest BCUT2D eigenvalue weighted by molar-refractivity contribution is 5.17. The van der Waals surface area contributed by atoms with Gasteiger partial charge in [-0.2, -0.15) is 5.06 Å². The Balaban J connectivity index is 1.87. The topological polar surface area (TPSA) is 30.9 Å². The van der Waals surface area contributed by atoms with Crippen LogP contribution in [0.5, 0.6) is 0 Å². The first-order valence-electron chi connectivity index (χ1n) is 11.4. The molecule has 3 rings (SSSR count). The van der Waals surface area contributed by atoms with Gasteiger partial charge >= 0.3 is 0 Å². The van der Waals surface area contributed by atoms with Gasteiger partial charge in [-0.15, -0.1) is 0 Å². The Hall–Kier alpha value is -0.940. The molecule has 2 saturated heterocycles. The van der Waals surface area contributed by atoms with Crippen molar-refractivity contribution in [2.24, 2.45) is 5.41 Å². The number of hydrogen-bond acceptors (Lipinski definition) is 4. The Bertz CT molecular complexity index is 660. The van der Waals surface area contributed by atoms with Crippen LogP contribution in [0.4, 0.5) is 0 Å². The van der Waals surface area contributed by atoms with Crippen LogP contribution >= 0.6 is 0 Å². The Kier molecular flexibility index (Phi) is 6.51. The quantitative estimate of drug-likeness (QED) is 0.560. The van der Waals surface area contributed by atoms with Crippen LogP contribution in [-0.4, -0.2) is 35.1 Å². The number of nitrogens with zero attached hydrogens (tertiary/aromatic N) is 1. The molecule has 0 aromatic heterocycles. The normalized spacial score (nSPS) is 32.9. The van der Waals surface area contributed by atoms with E-state index in [1.807, 2.05) is 0 Å². The molecule has 0 bridgehead atoms. The number of hydroxylamine groups is 2. The summed E-state index contributed by atoms with van der Waals surface area (Å²) in [7, 11) is 0. The van der Waals surface area contributed by atoms with Crippen LogP contribution in [0.25, 0.3) is 0 Å². The van der Waals surface area contributed by atoms with Gasteiger partial charge in [0.1, 0.15) is 6.10 Å². The second kappa shape index (κ2) is 8.30. The predicted octanol–water partition coefficient (Wildman–Crippen LogP) is 6.27. The van der Waals surface area contributed by atoms with E-state index < -0.39 is 5.79 Å². The van der Waals surface area contributed by atoms with E-state index >= 15 is 0 Å². The predicted molar refractivity (Wildman–Crippen MR) is 117 cm³/mol. The highest BCUT2D eigenvalue weighted by atomic mass is 16.7. The molecule has 1 atom stereocenters. The van der Waals surface area contributed by atoms with Crippen LogP contribution in [0.1, 0.15) is 92.2 Å². The van der Waals surface area contributed by atoms with Crippen LogP contribution in [0, 0.1) is 5.41 Å². The number of hydrogen-bond donors (Lipinski definition) is 0. The summed E-state index contributed by atoms with van der Waals surface area (Å²) in [5.41, 5.74) is 0.998. The van der Waals surface area contributed by atoms with E-state index in [1.54, 1.807) is 0 Å². The molecule has 0 aliphatic carbocycles. The van der Waals surface area contributed by atoms with Crippen LogP contribution in [0.2, 0.25) is 0 Å². The zero-order chi connectivity index (χ0) is 21.3. The lowest BCUT2D eigenvalue weighted by Gasteiger charge is -2.61. The molecule has 29 heavy (non-hydrogen) atoms. The third kappa shape index (κ3) is 4.41. The monoisotopic (exact) mass is 403 g/mol. The van der Waals surface area contributed by atoms with Gasteiger partial charge in [-0.1, -0.05) is 58.0 Å². The van der Waals surface area contributed by atoms with Crippen molar-refractivity contribution < 1.29 is 14.3 Å². The zero-order valence-electron chi connectivity index (χ0n) is 19.6. The number of ether oxygens (including phenoxy) is 2. The third-order valence-electron chi connectivity index (χ3n) is 7.35. The molecule has 1 aromatic rings. The molecule has 2 aliphatic heterocycles. The Labute approximate surface area is 177 Å². The van der Waals surface area contributed by atoms with Crippen molar-refractivity contribution in [1.29, 1.82) is 0 Å². The second-order valence-electron chi connectivity index (χ2n) is 10.2. The Morgan fingerprint density at radius 3 is 2.03 bits per heavy atom. The van der Waals surface area contributed by atoms with Gasteiger partial charge in [0.2, 0.25) is 0 Å². The lowest BCUT2D eigenvalue weighted by Crippen LogP contribution is -2.69. The van der Waals surface area contributed by atoms with Gasteiger partial charge in [0.05, 0.1) is 18.8 Å². The van der Waals surface area contributed by atoms with Crippen molar-refractivity contribution in [2.75, 3.05) is 13.2 Å². The molecule has 1 unspecified atom stereocenters. The number of benzene rings is 1. The molecule has 0 N–H and O–H groups in total. The molecule has 1 aromatic carbocycles. The van der Waals surface area contributed by atoms with Crippen molar-refractivity contribution in [3.63, 3.8) is 0 Å². The van der Waals surface area contributed by atoms with E-state index in [0.717, 1.165) is 45.3 Å². The van der Waals surface area contributed by atoms with Gasteiger partial charge < -0.3 is 9.47 Å². The maximum Gasteiger partial charge on any atom is 0.172 e. The van der Waals surface area contributed by atoms with Gasteiger partial charge in [-0.05, 0) is 45.6 Å². The highest BCUT2D eigenvalue weighted by Crippen LogP contribution is 2.52. The molecular formula is C25H41NO3. The molecular weight excluding hydrogens is 362 g/mol. The summed E-state index contributed by atoms with van der Waals surface area (Å²) in [6.45, 7) is 17.2. The second-order valence-corrected chi connectivity index (χ2v) is 10.2. The summed E-state index contributed by atoms with van der Waals surface area (Å²) in [6, 6.07) is 10.5. The van der Waals surface area contributed by atoms with Crippen molar-refractivity contribution >= 4 is 0 Å². The van der Waals surface area contributed by atoms with Crippen molar-refractivity contribution in [1.82, 2.24) is 5.06 Å². The fourth-order valence-corrected chi connectivity index (χ4v) is 5.10. The summed E-state index contributed by atoms with van der Waals surface area (Å²) >= 11 is 0. The Morgan fingerprint density at radius 1 is 0.931 bits per heavy atom. The summed E-state index contributed by atoms with van der Waals surface area (Å²) < 4.78 is 13.1. The van der Waals surface area contributed by atoms with Crippen LogP contribution in [0.3, 0.4) is 0 Å². The van der Waals surface area contributed by atoms with Crippen LogP contribution in [0.15, 0.2) is 30.3 Å². The fraction of sp³-hybridized carbons (Fsp3) is 0.760. The zero-order valence-corrected chi connectivity index (χ0v) is 19.6. The van der Waals surface area contributed by atoms with Crippen LogP contribution in [-0.2, 0) is 14.3 Å². The first-order valence-corrected chi connectivity index (χ1v) is 11.4. The maximum absolute atomic E-state index is 6.71. The average molecular weight is 404 g/mol. The minimum atomic E-state index is -0.514. The van der Waals surface area contributed by atoms with E-state index in [1.165, 1.54) is 5.56 Å². The molecule has 4 nitrogen and oxygen atoms in total. The van der Waals surface area contributed by atoms with Crippen molar-refractivity contribution in [3.8, 4) is 0 Å². The maximum atomic E-state index is 6.71. The number of piperidine rings is 1. The summed E-state index contributed by atoms with van der Waals surface area (Å²) in [4.78, 5) is 6.71. The molecule has 0 radical (unpaired) electrons. The Morgan fingerprint density at radius 2 is 1.52 bits per heavy atom. The highest BCUT2D eigenvalue weighted by Gasteiger charge is 2.59. The number of rotatable bonds is 6. The minimum Gasteiger partial charge on any atom is -0.349 e. The average Bonchev–Trinajstić information content (AvgIpc) is 2.72. The molecule has 2 aliphatic rings. The lowest BCUT2D eigenvalue weighted by molar-refractivity contribution is -0.394. The fourth-order valence-electron chi connectivity index (χ4n) is 5.10.